The van der Waals surface area contributed by atoms with Gasteiger partial charge in [0.05, 0.1) is 0 Å². The molecule has 0 bridgehead atoms. The summed E-state index contributed by atoms with van der Waals surface area (Å²) in [6.07, 6.45) is 0. The van der Waals surface area contributed by atoms with Gasteiger partial charge in [-0.3, -0.25) is 4.55 Å². The van der Waals surface area contributed by atoms with Crippen LogP contribution in [0.3, 0.4) is 0 Å². The van der Waals surface area contributed by atoms with Crippen molar-refractivity contribution in [1.82, 2.24) is 0 Å². The Morgan fingerprint density at radius 3 is 2.17 bits per heavy atom. The van der Waals surface area contributed by atoms with Gasteiger partial charge in [-0.2, -0.15) is 8.42 Å². The topological polar surface area (TPSA) is 80.4 Å². The molecule has 4 nitrogen and oxygen atoms in total. The van der Waals surface area contributed by atoms with Crippen LogP contribution < -0.4 is 35.3 Å². The van der Waals surface area contributed by atoms with Gasteiger partial charge in [-0.15, -0.1) is 0 Å². The summed E-state index contributed by atoms with van der Waals surface area (Å²) in [5, 5.41) is 0. The van der Waals surface area contributed by atoms with Gasteiger partial charge >= 0.3 is 29.6 Å². The van der Waals surface area contributed by atoms with Crippen molar-refractivity contribution < 1.29 is 44.0 Å². The predicted molar refractivity (Wildman–Crippen MR) is 67.2 cm³/mol. The second-order valence-corrected chi connectivity index (χ2v) is 4.95. The molecule has 90 valence electrons. The van der Waals surface area contributed by atoms with Crippen molar-refractivity contribution in [3.63, 3.8) is 0 Å². The maximum atomic E-state index is 11.3. The maximum absolute atomic E-state index is 11.3. The first kappa shape index (κ1) is 15.2. The summed E-state index contributed by atoms with van der Waals surface area (Å²) >= 11 is 0. The zero-order chi connectivity index (χ0) is 12.5. The van der Waals surface area contributed by atoms with Gasteiger partial charge in [-0.1, -0.05) is 36.4 Å². The van der Waals surface area contributed by atoms with E-state index in [9.17, 15) is 13.0 Å². The maximum Gasteiger partial charge on any atom is 1.00 e. The molecule has 0 unspecified atom stereocenters. The quantitative estimate of drug-likeness (QED) is 0.431. The number of hydrogen-bond acceptors (Lipinski definition) is 3. The monoisotopic (exact) mass is 273 g/mol. The number of nitrogens with two attached hydrogens (primary N) is 1. The molecular weight excluding hydrogens is 261 g/mol. The fraction of sp³-hybridized carbons (Fsp3) is 0. The van der Waals surface area contributed by atoms with E-state index in [4.69, 9.17) is 5.73 Å². The van der Waals surface area contributed by atoms with E-state index in [-0.39, 0.29) is 35.9 Å². The average molecular weight is 273 g/mol. The van der Waals surface area contributed by atoms with Crippen molar-refractivity contribution in [2.75, 3.05) is 5.73 Å². The second kappa shape index (κ2) is 5.86. The second-order valence-electron chi connectivity index (χ2n) is 3.56. The number of hydrogen-bond donors (Lipinski definition) is 2. The molecule has 3 N–H and O–H groups in total. The molecule has 2 aromatic carbocycles. The van der Waals surface area contributed by atoms with E-state index in [0.29, 0.717) is 16.8 Å². The Balaban J connectivity index is 0.00000162. The van der Waals surface area contributed by atoms with E-state index < -0.39 is 10.1 Å². The third-order valence-electron chi connectivity index (χ3n) is 2.40. The van der Waals surface area contributed by atoms with Gasteiger partial charge in [0.25, 0.3) is 10.1 Å². The van der Waals surface area contributed by atoms with Crippen LogP contribution in [0.4, 0.5) is 5.69 Å². The van der Waals surface area contributed by atoms with Crippen LogP contribution >= 0.6 is 0 Å². The summed E-state index contributed by atoms with van der Waals surface area (Å²) < 4.78 is 31.7. The van der Waals surface area contributed by atoms with Crippen LogP contribution in [0.15, 0.2) is 53.4 Å². The Morgan fingerprint density at radius 2 is 1.61 bits per heavy atom. The molecule has 0 saturated carbocycles. The van der Waals surface area contributed by atoms with Crippen molar-refractivity contribution in [2.24, 2.45) is 0 Å². The first-order valence-electron chi connectivity index (χ1n) is 4.91. The summed E-state index contributed by atoms with van der Waals surface area (Å²) in [5.74, 6) is 0. The summed E-state index contributed by atoms with van der Waals surface area (Å²) in [6.45, 7) is 0. The molecule has 0 aliphatic heterocycles. The first-order valence-corrected chi connectivity index (χ1v) is 6.35. The largest absolute Gasteiger partial charge is 1.00 e. The summed E-state index contributed by atoms with van der Waals surface area (Å²) in [5.41, 5.74) is 7.07. The molecule has 0 aliphatic rings. The number of benzene rings is 2. The molecule has 0 spiro atoms. The van der Waals surface area contributed by atoms with E-state index >= 15 is 0 Å². The molecular formula is C12H12NNaO3S. The molecule has 2 aromatic rings. The Hall–Kier alpha value is -0.850. The zero-order valence-corrected chi connectivity index (χ0v) is 12.7. The molecule has 2 rings (SSSR count). The van der Waals surface area contributed by atoms with Gasteiger partial charge in [-0.25, -0.2) is 0 Å². The van der Waals surface area contributed by atoms with Gasteiger partial charge in [0.15, 0.2) is 0 Å². The van der Waals surface area contributed by atoms with Gasteiger partial charge in [0.1, 0.15) is 4.90 Å². The molecule has 0 saturated heterocycles. The molecule has 6 heteroatoms. The summed E-state index contributed by atoms with van der Waals surface area (Å²) in [7, 11) is -4.28. The van der Waals surface area contributed by atoms with Crippen molar-refractivity contribution in [1.29, 1.82) is 0 Å². The predicted octanol–water partition coefficient (Wildman–Crippen LogP) is -0.701. The number of rotatable bonds is 2. The van der Waals surface area contributed by atoms with Crippen LogP contribution in [0, 0.1) is 0 Å². The van der Waals surface area contributed by atoms with E-state index in [2.05, 4.69) is 0 Å². The standard InChI is InChI=1S/C12H11NO3S.Na.H/c13-10-7-4-8-11(17(14,15)16)12(10)9-5-2-1-3-6-9;;/h1-8H,13H2,(H,14,15,16);;/q;+1;-1. The Bertz CT molecular complexity index is 647. The van der Waals surface area contributed by atoms with E-state index in [1.807, 2.05) is 6.07 Å². The first-order chi connectivity index (χ1) is 8.00. The molecule has 0 radical (unpaired) electrons. The normalized spacial score (nSPS) is 10.7. The number of anilines is 1. The van der Waals surface area contributed by atoms with Crippen molar-refractivity contribution in [2.45, 2.75) is 4.90 Å². The molecule has 0 aromatic heterocycles. The van der Waals surface area contributed by atoms with Gasteiger partial charge in [-0.05, 0) is 17.7 Å². The minimum absolute atomic E-state index is 0. The van der Waals surface area contributed by atoms with E-state index in [0.717, 1.165) is 0 Å². The Morgan fingerprint density at radius 1 is 1.00 bits per heavy atom. The third kappa shape index (κ3) is 3.13. The van der Waals surface area contributed by atoms with Crippen LogP contribution in [0.1, 0.15) is 1.43 Å². The van der Waals surface area contributed by atoms with Crippen LogP contribution in [0.5, 0.6) is 0 Å². The van der Waals surface area contributed by atoms with Crippen LogP contribution in [-0.2, 0) is 10.1 Å². The van der Waals surface area contributed by atoms with Gasteiger partial charge in [0.2, 0.25) is 0 Å². The third-order valence-corrected chi connectivity index (χ3v) is 3.29. The van der Waals surface area contributed by atoms with Crippen molar-refractivity contribution in [3.8, 4) is 11.1 Å². The minimum atomic E-state index is -4.28. The summed E-state index contributed by atoms with van der Waals surface area (Å²) in [6, 6.07) is 13.2. The molecule has 0 fully saturated rings. The Kier molecular flexibility index (Phi) is 4.95. The fourth-order valence-corrected chi connectivity index (χ4v) is 2.42. The van der Waals surface area contributed by atoms with E-state index in [1.54, 1.807) is 30.3 Å². The SMILES string of the molecule is Nc1cccc(S(=O)(=O)O)c1-c1ccccc1.[H-].[Na+]. The van der Waals surface area contributed by atoms with Gasteiger partial charge in [0, 0.05) is 11.3 Å². The smallest absolute Gasteiger partial charge is 1.00 e. The molecule has 0 aliphatic carbocycles. The van der Waals surface area contributed by atoms with Crippen molar-refractivity contribution >= 4 is 15.8 Å². The minimum Gasteiger partial charge on any atom is -1.00 e. The van der Waals surface area contributed by atoms with Crippen molar-refractivity contribution in [3.05, 3.63) is 48.5 Å². The van der Waals surface area contributed by atoms with Crippen LogP contribution in [0.2, 0.25) is 0 Å². The number of nitrogen functional groups attached to an aromatic ring is 1. The van der Waals surface area contributed by atoms with E-state index in [1.165, 1.54) is 12.1 Å². The van der Waals surface area contributed by atoms with Gasteiger partial charge < -0.3 is 7.16 Å². The fourth-order valence-electron chi connectivity index (χ4n) is 1.68. The molecule has 18 heavy (non-hydrogen) atoms. The Labute approximate surface area is 129 Å². The summed E-state index contributed by atoms with van der Waals surface area (Å²) in [4.78, 5) is -0.177. The molecule has 0 heterocycles. The molecule has 0 atom stereocenters. The average Bonchev–Trinajstić information content (AvgIpc) is 2.28. The van der Waals surface area contributed by atoms with Crippen LogP contribution in [-0.4, -0.2) is 13.0 Å². The molecule has 0 amide bonds. The van der Waals surface area contributed by atoms with Crippen LogP contribution in [0.25, 0.3) is 11.1 Å². The zero-order valence-electron chi connectivity index (χ0n) is 10.9.